The Morgan fingerprint density at radius 2 is 1.84 bits per heavy atom. The van der Waals surface area contributed by atoms with E-state index in [9.17, 15) is 19.7 Å². The molecule has 1 fully saturated rings. The number of hydrogen-bond acceptors (Lipinski definition) is 5. The fraction of sp³-hybridized carbons (Fsp3) is 0.391. The molecule has 2 amide bonds. The highest BCUT2D eigenvalue weighted by atomic mass is 16.6. The minimum absolute atomic E-state index is 0.000402. The number of nitro groups is 1. The van der Waals surface area contributed by atoms with Crippen LogP contribution in [-0.4, -0.2) is 33.8 Å². The molecule has 2 aromatic rings. The fourth-order valence-corrected chi connectivity index (χ4v) is 4.27. The van der Waals surface area contributed by atoms with Crippen molar-refractivity contribution < 1.29 is 19.2 Å². The van der Waals surface area contributed by atoms with E-state index in [0.29, 0.717) is 23.5 Å². The molecule has 0 saturated heterocycles. The lowest BCUT2D eigenvalue weighted by Gasteiger charge is -2.34. The highest BCUT2D eigenvalue weighted by molar-refractivity contribution is 6.04. The SMILES string of the molecule is CC1Oc2ccc(NC(=O)c3ccc([N+](=O)[O-])cc3)cc2CN(C2CCCCC2)C1=O. The van der Waals surface area contributed by atoms with Crippen LogP contribution in [0, 0.1) is 10.1 Å². The van der Waals surface area contributed by atoms with Crippen LogP contribution in [0.5, 0.6) is 5.75 Å². The molecule has 0 radical (unpaired) electrons. The molecule has 1 aliphatic carbocycles. The van der Waals surface area contributed by atoms with Crippen LogP contribution in [-0.2, 0) is 11.3 Å². The zero-order chi connectivity index (χ0) is 22.0. The maximum atomic E-state index is 12.9. The van der Waals surface area contributed by atoms with E-state index in [1.54, 1.807) is 19.1 Å². The maximum absolute atomic E-state index is 12.9. The predicted molar refractivity (Wildman–Crippen MR) is 115 cm³/mol. The molecule has 31 heavy (non-hydrogen) atoms. The lowest BCUT2D eigenvalue weighted by molar-refractivity contribution is -0.384. The highest BCUT2D eigenvalue weighted by Gasteiger charge is 2.33. The van der Waals surface area contributed by atoms with Gasteiger partial charge in [-0.1, -0.05) is 19.3 Å². The van der Waals surface area contributed by atoms with Crippen molar-refractivity contribution in [3.63, 3.8) is 0 Å². The van der Waals surface area contributed by atoms with Crippen LogP contribution in [0.2, 0.25) is 0 Å². The molecule has 0 spiro atoms. The molecule has 1 unspecified atom stereocenters. The van der Waals surface area contributed by atoms with E-state index in [0.717, 1.165) is 31.2 Å². The van der Waals surface area contributed by atoms with E-state index in [1.165, 1.54) is 30.7 Å². The number of hydrogen-bond donors (Lipinski definition) is 1. The van der Waals surface area contributed by atoms with E-state index in [4.69, 9.17) is 4.74 Å². The first-order chi connectivity index (χ1) is 14.9. The van der Waals surface area contributed by atoms with Crippen LogP contribution in [0.4, 0.5) is 11.4 Å². The van der Waals surface area contributed by atoms with Gasteiger partial charge in [0.1, 0.15) is 5.75 Å². The summed E-state index contributed by atoms with van der Waals surface area (Å²) in [6, 6.07) is 11.0. The van der Waals surface area contributed by atoms with Gasteiger partial charge in [-0.05, 0) is 50.1 Å². The summed E-state index contributed by atoms with van der Waals surface area (Å²) in [6.07, 6.45) is 4.92. The van der Waals surface area contributed by atoms with Crippen LogP contribution < -0.4 is 10.1 Å². The summed E-state index contributed by atoms with van der Waals surface area (Å²) in [6.45, 7) is 2.22. The van der Waals surface area contributed by atoms with Crippen LogP contribution in [0.1, 0.15) is 54.9 Å². The summed E-state index contributed by atoms with van der Waals surface area (Å²) in [4.78, 5) is 37.7. The van der Waals surface area contributed by atoms with Crippen molar-refractivity contribution in [3.8, 4) is 5.75 Å². The first-order valence-corrected chi connectivity index (χ1v) is 10.6. The van der Waals surface area contributed by atoms with Crippen molar-refractivity contribution in [1.29, 1.82) is 0 Å². The molecule has 1 N–H and O–H groups in total. The van der Waals surface area contributed by atoms with Crippen molar-refractivity contribution >= 4 is 23.2 Å². The van der Waals surface area contributed by atoms with Crippen LogP contribution >= 0.6 is 0 Å². The summed E-state index contributed by atoms with van der Waals surface area (Å²) in [5, 5.41) is 13.6. The third-order valence-electron chi connectivity index (χ3n) is 5.95. The molecule has 0 bridgehead atoms. The number of amides is 2. The van der Waals surface area contributed by atoms with E-state index in [2.05, 4.69) is 5.32 Å². The monoisotopic (exact) mass is 423 g/mol. The van der Waals surface area contributed by atoms with E-state index in [1.807, 2.05) is 11.0 Å². The number of ether oxygens (including phenoxy) is 1. The number of rotatable bonds is 4. The van der Waals surface area contributed by atoms with Crippen molar-refractivity contribution in [2.24, 2.45) is 0 Å². The normalized spacial score (nSPS) is 19.2. The number of carbonyl (C=O) groups is 2. The Balaban J connectivity index is 1.54. The van der Waals surface area contributed by atoms with Crippen molar-refractivity contribution in [1.82, 2.24) is 4.90 Å². The van der Waals surface area contributed by atoms with Crippen LogP contribution in [0.25, 0.3) is 0 Å². The number of nitro benzene ring substituents is 1. The average molecular weight is 423 g/mol. The first kappa shape index (κ1) is 20.8. The Kier molecular flexibility index (Phi) is 5.88. The Labute approximate surface area is 180 Å². The van der Waals surface area contributed by atoms with Crippen LogP contribution in [0.15, 0.2) is 42.5 Å². The fourth-order valence-electron chi connectivity index (χ4n) is 4.27. The number of anilines is 1. The molecule has 162 valence electrons. The molecule has 2 aliphatic rings. The van der Waals surface area contributed by atoms with Gasteiger partial charge >= 0.3 is 0 Å². The number of carbonyl (C=O) groups excluding carboxylic acids is 2. The molecule has 1 heterocycles. The molecule has 0 aromatic heterocycles. The molecule has 1 saturated carbocycles. The number of non-ortho nitro benzene ring substituents is 1. The molecule has 8 heteroatoms. The topological polar surface area (TPSA) is 102 Å². The van der Waals surface area contributed by atoms with Crippen molar-refractivity contribution in [2.45, 2.75) is 57.7 Å². The van der Waals surface area contributed by atoms with E-state index in [-0.39, 0.29) is 23.5 Å². The summed E-state index contributed by atoms with van der Waals surface area (Å²) in [5.41, 5.74) is 1.69. The minimum atomic E-state index is -0.552. The van der Waals surface area contributed by atoms with Crippen LogP contribution in [0.3, 0.4) is 0 Å². The summed E-state index contributed by atoms with van der Waals surface area (Å²) >= 11 is 0. The molecular weight excluding hydrogens is 398 g/mol. The van der Waals surface area contributed by atoms with Gasteiger partial charge in [-0.3, -0.25) is 19.7 Å². The summed E-state index contributed by atoms with van der Waals surface area (Å²) < 4.78 is 5.90. The summed E-state index contributed by atoms with van der Waals surface area (Å²) in [5.74, 6) is 0.282. The van der Waals surface area contributed by atoms with Gasteiger partial charge < -0.3 is 15.0 Å². The molecular formula is C23H25N3O5. The predicted octanol–water partition coefficient (Wildman–Crippen LogP) is 4.29. The third-order valence-corrected chi connectivity index (χ3v) is 5.95. The number of nitrogens with zero attached hydrogens (tertiary/aromatic N) is 2. The Bertz CT molecular complexity index is 999. The Hall–Kier alpha value is -3.42. The maximum Gasteiger partial charge on any atom is 0.269 e. The highest BCUT2D eigenvalue weighted by Crippen LogP contribution is 2.32. The standard InChI is InChI=1S/C23H25N3O5/c1-15-23(28)25(19-5-3-2-4-6-19)14-17-13-18(9-12-21(17)31-15)24-22(27)16-7-10-20(11-8-16)26(29)30/h7-13,15,19H,2-6,14H2,1H3,(H,24,27). The largest absolute Gasteiger partial charge is 0.481 e. The van der Waals surface area contributed by atoms with Gasteiger partial charge in [0.2, 0.25) is 0 Å². The second-order valence-electron chi connectivity index (χ2n) is 8.10. The number of nitrogens with one attached hydrogen (secondary N) is 1. The van der Waals surface area contributed by atoms with Crippen molar-refractivity contribution in [2.75, 3.05) is 5.32 Å². The molecule has 1 atom stereocenters. The second kappa shape index (κ2) is 8.75. The Morgan fingerprint density at radius 3 is 2.52 bits per heavy atom. The number of fused-ring (bicyclic) bond motifs is 1. The molecule has 1 aliphatic heterocycles. The second-order valence-corrected chi connectivity index (χ2v) is 8.10. The van der Waals surface area contributed by atoms with Gasteiger partial charge in [-0.15, -0.1) is 0 Å². The van der Waals surface area contributed by atoms with Gasteiger partial charge in [0.05, 0.1) is 4.92 Å². The average Bonchev–Trinajstić information content (AvgIpc) is 2.90. The molecule has 2 aromatic carbocycles. The quantitative estimate of drug-likeness (QED) is 0.584. The molecule has 4 rings (SSSR count). The van der Waals surface area contributed by atoms with Gasteiger partial charge in [-0.2, -0.15) is 0 Å². The van der Waals surface area contributed by atoms with Crippen molar-refractivity contribution in [3.05, 3.63) is 63.7 Å². The van der Waals surface area contributed by atoms with Gasteiger partial charge in [0, 0.05) is 41.5 Å². The Morgan fingerprint density at radius 1 is 1.13 bits per heavy atom. The lowest BCUT2D eigenvalue weighted by atomic mass is 9.93. The number of benzene rings is 2. The lowest BCUT2D eigenvalue weighted by Crippen LogP contribution is -2.45. The molecule has 8 nitrogen and oxygen atoms in total. The van der Waals surface area contributed by atoms with Gasteiger partial charge in [-0.25, -0.2) is 0 Å². The smallest absolute Gasteiger partial charge is 0.269 e. The third kappa shape index (κ3) is 4.52. The summed E-state index contributed by atoms with van der Waals surface area (Å²) in [7, 11) is 0. The van der Waals surface area contributed by atoms with E-state index < -0.39 is 11.0 Å². The zero-order valence-electron chi connectivity index (χ0n) is 17.4. The zero-order valence-corrected chi connectivity index (χ0v) is 17.4. The van der Waals surface area contributed by atoms with Gasteiger partial charge in [0.25, 0.3) is 17.5 Å². The van der Waals surface area contributed by atoms with E-state index >= 15 is 0 Å². The minimum Gasteiger partial charge on any atom is -0.481 e. The van der Waals surface area contributed by atoms with Gasteiger partial charge in [0.15, 0.2) is 6.10 Å². The first-order valence-electron chi connectivity index (χ1n) is 10.6.